The van der Waals surface area contributed by atoms with E-state index in [1.165, 1.54) is 23.4 Å². The van der Waals surface area contributed by atoms with Gasteiger partial charge in [-0.25, -0.2) is 4.39 Å². The van der Waals surface area contributed by atoms with Gasteiger partial charge in [0.25, 0.3) is 0 Å². The molecule has 0 N–H and O–H groups in total. The van der Waals surface area contributed by atoms with Crippen LogP contribution in [0.5, 0.6) is 11.5 Å². The Morgan fingerprint density at radius 1 is 1.11 bits per heavy atom. The normalized spacial score (nSPS) is 11.1. The Labute approximate surface area is 165 Å². The van der Waals surface area contributed by atoms with Crippen LogP contribution < -0.4 is 9.47 Å². The van der Waals surface area contributed by atoms with Gasteiger partial charge < -0.3 is 9.47 Å². The van der Waals surface area contributed by atoms with Gasteiger partial charge in [0.15, 0.2) is 11.0 Å². The van der Waals surface area contributed by atoms with E-state index in [-0.39, 0.29) is 12.4 Å². The Bertz CT molecular complexity index is 916. The number of benzene rings is 2. The maximum absolute atomic E-state index is 14.4. The summed E-state index contributed by atoms with van der Waals surface area (Å²) in [6, 6.07) is 13.7. The van der Waals surface area contributed by atoms with Gasteiger partial charge in [0.05, 0.1) is 12.8 Å². The molecule has 0 bridgehead atoms. The molecule has 0 aliphatic rings. The fraction of sp³-hybridized carbons (Fsp3) is 0.158. The van der Waals surface area contributed by atoms with Crippen molar-refractivity contribution in [1.29, 1.82) is 0 Å². The SMILES string of the molecule is COc1ccc(OCc2nnc(SC/C=C/Cl)n2-c2ccccc2F)cc1. The average molecular weight is 406 g/mol. The first-order chi connectivity index (χ1) is 13.2. The van der Waals surface area contributed by atoms with Gasteiger partial charge in [-0.2, -0.15) is 0 Å². The summed E-state index contributed by atoms with van der Waals surface area (Å²) >= 11 is 6.97. The molecular weight excluding hydrogens is 389 g/mol. The summed E-state index contributed by atoms with van der Waals surface area (Å²) in [5.41, 5.74) is 1.80. The zero-order chi connectivity index (χ0) is 19.1. The smallest absolute Gasteiger partial charge is 0.196 e. The molecule has 0 atom stereocenters. The van der Waals surface area contributed by atoms with Crippen LogP contribution in [-0.2, 0) is 6.61 Å². The van der Waals surface area contributed by atoms with Crippen molar-refractivity contribution in [3.8, 4) is 17.2 Å². The number of methoxy groups -OCH3 is 1. The van der Waals surface area contributed by atoms with E-state index in [4.69, 9.17) is 21.1 Å². The molecule has 27 heavy (non-hydrogen) atoms. The van der Waals surface area contributed by atoms with Gasteiger partial charge in [-0.1, -0.05) is 41.6 Å². The second kappa shape index (κ2) is 9.43. The van der Waals surface area contributed by atoms with E-state index < -0.39 is 0 Å². The summed E-state index contributed by atoms with van der Waals surface area (Å²) in [4.78, 5) is 0. The molecule has 8 heteroatoms. The number of para-hydroxylation sites is 1. The highest BCUT2D eigenvalue weighted by molar-refractivity contribution is 7.99. The van der Waals surface area contributed by atoms with E-state index >= 15 is 0 Å². The molecule has 0 spiro atoms. The fourth-order valence-corrected chi connectivity index (χ4v) is 3.31. The van der Waals surface area contributed by atoms with Crippen LogP contribution in [0.4, 0.5) is 4.39 Å². The first-order valence-corrected chi connectivity index (χ1v) is 9.49. The first kappa shape index (κ1) is 19.3. The highest BCUT2D eigenvalue weighted by Crippen LogP contribution is 2.25. The standard InChI is InChI=1S/C19H17ClFN3O2S/c1-25-14-7-9-15(10-8-14)26-13-18-22-23-19(27-12-4-11-20)24(18)17-6-3-2-5-16(17)21/h2-11H,12-13H2,1H3/b11-4+. The van der Waals surface area contributed by atoms with Crippen LogP contribution in [0.2, 0.25) is 0 Å². The zero-order valence-electron chi connectivity index (χ0n) is 14.5. The zero-order valence-corrected chi connectivity index (χ0v) is 16.1. The maximum Gasteiger partial charge on any atom is 0.196 e. The lowest BCUT2D eigenvalue weighted by molar-refractivity contribution is 0.292. The van der Waals surface area contributed by atoms with Gasteiger partial charge in [-0.15, -0.1) is 10.2 Å². The Balaban J connectivity index is 1.86. The number of aromatic nitrogens is 3. The Hall–Kier alpha value is -2.51. The van der Waals surface area contributed by atoms with Crippen LogP contribution in [0.25, 0.3) is 5.69 Å². The molecule has 140 valence electrons. The largest absolute Gasteiger partial charge is 0.497 e. The van der Waals surface area contributed by atoms with Crippen molar-refractivity contribution in [2.75, 3.05) is 12.9 Å². The van der Waals surface area contributed by atoms with Gasteiger partial charge in [0.1, 0.15) is 23.9 Å². The molecule has 1 heterocycles. The Morgan fingerprint density at radius 3 is 2.56 bits per heavy atom. The monoisotopic (exact) mass is 405 g/mol. The Morgan fingerprint density at radius 2 is 1.85 bits per heavy atom. The molecule has 1 aromatic heterocycles. The lowest BCUT2D eigenvalue weighted by atomic mass is 10.3. The van der Waals surface area contributed by atoms with E-state index in [0.29, 0.717) is 28.2 Å². The van der Waals surface area contributed by atoms with Crippen LogP contribution in [0, 0.1) is 5.82 Å². The van der Waals surface area contributed by atoms with Crippen molar-refractivity contribution >= 4 is 23.4 Å². The van der Waals surface area contributed by atoms with Gasteiger partial charge in [0, 0.05) is 11.3 Å². The minimum absolute atomic E-state index is 0.138. The van der Waals surface area contributed by atoms with E-state index in [2.05, 4.69) is 10.2 Å². The molecular formula is C19H17ClFN3O2S. The lowest BCUT2D eigenvalue weighted by Gasteiger charge is -2.11. The molecule has 0 aliphatic carbocycles. The second-order valence-corrected chi connectivity index (χ2v) is 6.56. The first-order valence-electron chi connectivity index (χ1n) is 8.07. The van der Waals surface area contributed by atoms with Crippen molar-refractivity contribution in [2.24, 2.45) is 0 Å². The number of nitrogens with zero attached hydrogens (tertiary/aromatic N) is 3. The van der Waals surface area contributed by atoms with E-state index in [0.717, 1.165) is 5.75 Å². The summed E-state index contributed by atoms with van der Waals surface area (Å²) in [5.74, 6) is 2.11. The van der Waals surface area contributed by atoms with E-state index in [1.807, 2.05) is 0 Å². The van der Waals surface area contributed by atoms with Crippen molar-refractivity contribution < 1.29 is 13.9 Å². The minimum atomic E-state index is -0.363. The van der Waals surface area contributed by atoms with Crippen molar-refractivity contribution in [3.05, 3.63) is 71.8 Å². The number of halogens is 2. The molecule has 3 aromatic rings. The van der Waals surface area contributed by atoms with Crippen LogP contribution in [0.15, 0.2) is 65.3 Å². The quantitative estimate of drug-likeness (QED) is 0.502. The average Bonchev–Trinajstić information content (AvgIpc) is 3.10. The van der Waals surface area contributed by atoms with Crippen LogP contribution in [0.1, 0.15) is 5.82 Å². The molecule has 5 nitrogen and oxygen atoms in total. The van der Waals surface area contributed by atoms with Crippen LogP contribution in [0.3, 0.4) is 0 Å². The number of rotatable bonds is 8. The third-order valence-corrected chi connectivity index (χ3v) is 4.68. The molecule has 2 aromatic carbocycles. The maximum atomic E-state index is 14.4. The van der Waals surface area contributed by atoms with Gasteiger partial charge in [-0.3, -0.25) is 4.57 Å². The number of thioether (sulfide) groups is 1. The Kier molecular flexibility index (Phi) is 6.73. The number of hydrogen-bond acceptors (Lipinski definition) is 5. The highest BCUT2D eigenvalue weighted by Gasteiger charge is 2.17. The van der Waals surface area contributed by atoms with Gasteiger partial charge in [-0.05, 0) is 36.4 Å². The number of ether oxygens (including phenoxy) is 2. The molecule has 0 unspecified atom stereocenters. The summed E-state index contributed by atoms with van der Waals surface area (Å²) in [5, 5.41) is 8.92. The molecule has 0 aliphatic heterocycles. The molecule has 0 saturated carbocycles. The molecule has 0 radical (unpaired) electrons. The molecule has 0 amide bonds. The number of hydrogen-bond donors (Lipinski definition) is 0. The van der Waals surface area contributed by atoms with E-state index in [1.54, 1.807) is 60.2 Å². The third kappa shape index (κ3) is 4.81. The topological polar surface area (TPSA) is 49.2 Å². The predicted octanol–water partition coefficient (Wildman–Crippen LogP) is 4.84. The third-order valence-electron chi connectivity index (χ3n) is 3.62. The molecule has 0 saturated heterocycles. The fourth-order valence-electron chi connectivity index (χ4n) is 2.34. The van der Waals surface area contributed by atoms with E-state index in [9.17, 15) is 4.39 Å². The van der Waals surface area contributed by atoms with Crippen LogP contribution >= 0.6 is 23.4 Å². The lowest BCUT2D eigenvalue weighted by Crippen LogP contribution is -2.08. The summed E-state index contributed by atoms with van der Waals surface area (Å²) in [6.45, 7) is 0.138. The van der Waals surface area contributed by atoms with Gasteiger partial charge >= 0.3 is 0 Å². The summed E-state index contributed by atoms with van der Waals surface area (Å²) in [6.07, 6.45) is 1.78. The van der Waals surface area contributed by atoms with Crippen molar-refractivity contribution in [1.82, 2.24) is 14.8 Å². The van der Waals surface area contributed by atoms with Crippen molar-refractivity contribution in [3.63, 3.8) is 0 Å². The minimum Gasteiger partial charge on any atom is -0.497 e. The van der Waals surface area contributed by atoms with Crippen LogP contribution in [-0.4, -0.2) is 27.6 Å². The predicted molar refractivity (Wildman–Crippen MR) is 104 cm³/mol. The highest BCUT2D eigenvalue weighted by atomic mass is 35.5. The second-order valence-electron chi connectivity index (χ2n) is 5.32. The molecule has 0 fully saturated rings. The van der Waals surface area contributed by atoms with Crippen molar-refractivity contribution in [2.45, 2.75) is 11.8 Å². The summed E-state index contributed by atoms with van der Waals surface area (Å²) in [7, 11) is 1.60. The molecule has 3 rings (SSSR count). The summed E-state index contributed by atoms with van der Waals surface area (Å²) < 4.78 is 26.9. The van der Waals surface area contributed by atoms with Gasteiger partial charge in [0.2, 0.25) is 0 Å².